The van der Waals surface area contributed by atoms with E-state index in [2.05, 4.69) is 17.4 Å². The highest BCUT2D eigenvalue weighted by Crippen LogP contribution is 1.95. The molecule has 0 aliphatic carbocycles. The van der Waals surface area contributed by atoms with Crippen molar-refractivity contribution < 1.29 is 14.3 Å². The molecule has 3 nitrogen and oxygen atoms in total. The van der Waals surface area contributed by atoms with Crippen molar-refractivity contribution >= 4 is 23.7 Å². The Labute approximate surface area is 65.2 Å². The Morgan fingerprint density at radius 3 is 2.40 bits per heavy atom. The summed E-state index contributed by atoms with van der Waals surface area (Å²) in [5.41, 5.74) is 0. The molecule has 0 saturated carbocycles. The molecular weight excluding hydrogens is 152 g/mol. The second kappa shape index (κ2) is 5.17. The Bertz CT molecular complexity index is 133. The van der Waals surface area contributed by atoms with Gasteiger partial charge in [0, 0.05) is 6.42 Å². The van der Waals surface area contributed by atoms with E-state index in [0.29, 0.717) is 6.61 Å². The molecule has 0 amide bonds. The van der Waals surface area contributed by atoms with Crippen LogP contribution in [0.4, 0.5) is 0 Å². The SMILES string of the molecule is CCOC(=O)CCC(=O)[S]. The Hall–Kier alpha value is -0.640. The number of hydrogen-bond acceptors (Lipinski definition) is 3. The quantitative estimate of drug-likeness (QED) is 0.579. The molecule has 0 unspecified atom stereocenters. The fraction of sp³-hybridized carbons (Fsp3) is 0.667. The third-order valence-electron chi connectivity index (χ3n) is 0.839. The molecule has 0 aliphatic rings. The van der Waals surface area contributed by atoms with E-state index in [9.17, 15) is 9.59 Å². The van der Waals surface area contributed by atoms with Gasteiger partial charge in [-0.1, -0.05) is 0 Å². The van der Waals surface area contributed by atoms with Gasteiger partial charge in [0.2, 0.25) is 5.12 Å². The van der Waals surface area contributed by atoms with Crippen molar-refractivity contribution in [1.29, 1.82) is 0 Å². The normalized spacial score (nSPS) is 8.90. The molecule has 0 aromatic heterocycles. The molecule has 0 atom stereocenters. The van der Waals surface area contributed by atoms with Gasteiger partial charge in [-0.15, -0.1) is 0 Å². The summed E-state index contributed by atoms with van der Waals surface area (Å²) < 4.78 is 4.55. The number of hydrogen-bond donors (Lipinski definition) is 0. The molecule has 0 bridgehead atoms. The first kappa shape index (κ1) is 9.36. The van der Waals surface area contributed by atoms with Gasteiger partial charge in [-0.05, 0) is 19.6 Å². The highest BCUT2D eigenvalue weighted by atomic mass is 32.1. The van der Waals surface area contributed by atoms with Gasteiger partial charge in [-0.3, -0.25) is 9.59 Å². The molecule has 0 saturated heterocycles. The second-order valence-corrected chi connectivity index (χ2v) is 2.13. The van der Waals surface area contributed by atoms with E-state index < -0.39 is 5.12 Å². The monoisotopic (exact) mass is 161 g/mol. The van der Waals surface area contributed by atoms with Gasteiger partial charge in [0.05, 0.1) is 13.0 Å². The smallest absolute Gasteiger partial charge is 0.306 e. The molecule has 0 aromatic carbocycles. The third kappa shape index (κ3) is 5.50. The van der Waals surface area contributed by atoms with E-state index >= 15 is 0 Å². The van der Waals surface area contributed by atoms with Crippen LogP contribution in [0, 0.1) is 0 Å². The van der Waals surface area contributed by atoms with Crippen molar-refractivity contribution in [3.05, 3.63) is 0 Å². The molecule has 0 rings (SSSR count). The summed E-state index contributed by atoms with van der Waals surface area (Å²) in [7, 11) is 0. The number of carbonyl (C=O) groups excluding carboxylic acids is 2. The third-order valence-corrected chi connectivity index (χ3v) is 1.04. The number of rotatable bonds is 4. The molecular formula is C6H9O3S. The van der Waals surface area contributed by atoms with E-state index in [-0.39, 0.29) is 18.8 Å². The lowest BCUT2D eigenvalue weighted by Gasteiger charge is -1.97. The summed E-state index contributed by atoms with van der Waals surface area (Å²) in [5, 5.41) is -0.395. The molecule has 1 radical (unpaired) electrons. The van der Waals surface area contributed by atoms with E-state index in [1.165, 1.54) is 0 Å². The Balaban J connectivity index is 3.30. The average molecular weight is 161 g/mol. The molecule has 57 valence electrons. The van der Waals surface area contributed by atoms with Crippen LogP contribution in [0.5, 0.6) is 0 Å². The lowest BCUT2D eigenvalue weighted by molar-refractivity contribution is -0.143. The van der Waals surface area contributed by atoms with Gasteiger partial charge in [0.1, 0.15) is 0 Å². The maximum Gasteiger partial charge on any atom is 0.306 e. The molecule has 0 fully saturated rings. The summed E-state index contributed by atoms with van der Waals surface area (Å²) in [6, 6.07) is 0. The van der Waals surface area contributed by atoms with Crippen LogP contribution < -0.4 is 0 Å². The topological polar surface area (TPSA) is 43.4 Å². The first-order valence-electron chi connectivity index (χ1n) is 3.02. The van der Waals surface area contributed by atoms with Crippen molar-refractivity contribution in [2.24, 2.45) is 0 Å². The van der Waals surface area contributed by atoms with Crippen molar-refractivity contribution in [1.82, 2.24) is 0 Å². The fourth-order valence-electron chi connectivity index (χ4n) is 0.437. The molecule has 10 heavy (non-hydrogen) atoms. The van der Waals surface area contributed by atoms with Crippen LogP contribution in [-0.4, -0.2) is 17.7 Å². The van der Waals surface area contributed by atoms with Crippen molar-refractivity contribution in [3.8, 4) is 0 Å². The van der Waals surface area contributed by atoms with Crippen LogP contribution in [0.2, 0.25) is 0 Å². The Morgan fingerprint density at radius 1 is 1.40 bits per heavy atom. The van der Waals surface area contributed by atoms with E-state index in [1.54, 1.807) is 6.92 Å². The molecule has 0 heterocycles. The molecule has 0 aromatic rings. The first-order chi connectivity index (χ1) is 4.66. The number of carbonyl (C=O) groups is 2. The van der Waals surface area contributed by atoms with Crippen LogP contribution in [-0.2, 0) is 14.3 Å². The Kier molecular flexibility index (Phi) is 4.84. The number of ether oxygens (including phenoxy) is 1. The van der Waals surface area contributed by atoms with Gasteiger partial charge in [0.15, 0.2) is 0 Å². The van der Waals surface area contributed by atoms with Gasteiger partial charge in [-0.25, -0.2) is 0 Å². The predicted molar refractivity (Wildman–Crippen MR) is 38.5 cm³/mol. The first-order valence-corrected chi connectivity index (χ1v) is 3.43. The maximum absolute atomic E-state index is 10.5. The van der Waals surface area contributed by atoms with Crippen LogP contribution in [0.3, 0.4) is 0 Å². The van der Waals surface area contributed by atoms with Gasteiger partial charge >= 0.3 is 5.97 Å². The van der Waals surface area contributed by atoms with Gasteiger partial charge < -0.3 is 4.74 Å². The van der Waals surface area contributed by atoms with Crippen molar-refractivity contribution in [3.63, 3.8) is 0 Å². The minimum absolute atomic E-state index is 0.105. The Morgan fingerprint density at radius 2 is 2.00 bits per heavy atom. The zero-order valence-electron chi connectivity index (χ0n) is 5.75. The molecule has 0 N–H and O–H groups in total. The molecule has 4 heteroatoms. The van der Waals surface area contributed by atoms with E-state index in [1.807, 2.05) is 0 Å². The number of esters is 1. The summed E-state index contributed by atoms with van der Waals surface area (Å²) >= 11 is 4.23. The van der Waals surface area contributed by atoms with Crippen LogP contribution in [0.15, 0.2) is 0 Å². The zero-order valence-corrected chi connectivity index (χ0v) is 6.57. The van der Waals surface area contributed by atoms with Crippen molar-refractivity contribution in [2.75, 3.05) is 6.61 Å². The lowest BCUT2D eigenvalue weighted by atomic mass is 10.3. The fourth-order valence-corrected chi connectivity index (χ4v) is 0.539. The average Bonchev–Trinajstić information content (AvgIpc) is 1.85. The van der Waals surface area contributed by atoms with Crippen LogP contribution >= 0.6 is 12.6 Å². The highest BCUT2D eigenvalue weighted by molar-refractivity contribution is 7.96. The summed E-state index contributed by atoms with van der Waals surface area (Å²) in [5.74, 6) is -0.360. The minimum Gasteiger partial charge on any atom is -0.466 e. The van der Waals surface area contributed by atoms with Crippen molar-refractivity contribution in [2.45, 2.75) is 19.8 Å². The molecule has 0 spiro atoms. The second-order valence-electron chi connectivity index (χ2n) is 1.68. The maximum atomic E-state index is 10.5. The summed E-state index contributed by atoms with van der Waals surface area (Å²) in [4.78, 5) is 20.7. The summed E-state index contributed by atoms with van der Waals surface area (Å²) in [6.45, 7) is 2.07. The largest absolute Gasteiger partial charge is 0.466 e. The van der Waals surface area contributed by atoms with Crippen LogP contribution in [0.25, 0.3) is 0 Å². The molecule has 0 aliphatic heterocycles. The van der Waals surface area contributed by atoms with E-state index in [4.69, 9.17) is 0 Å². The van der Waals surface area contributed by atoms with E-state index in [0.717, 1.165) is 0 Å². The highest BCUT2D eigenvalue weighted by Gasteiger charge is 2.03. The standard InChI is InChI=1S/C6H9O3S/c1-2-9-5(7)3-4-6(8)10/h2-4H2,1H3. The summed E-state index contributed by atoms with van der Waals surface area (Å²) in [6.07, 6.45) is 0.213. The zero-order chi connectivity index (χ0) is 7.98. The van der Waals surface area contributed by atoms with Crippen LogP contribution in [0.1, 0.15) is 19.8 Å². The predicted octanol–water partition coefficient (Wildman–Crippen LogP) is 1.05. The van der Waals surface area contributed by atoms with Gasteiger partial charge in [-0.2, -0.15) is 0 Å². The minimum atomic E-state index is -0.395. The lowest BCUT2D eigenvalue weighted by Crippen LogP contribution is -2.04. The van der Waals surface area contributed by atoms with Gasteiger partial charge in [0.25, 0.3) is 0 Å².